The van der Waals surface area contributed by atoms with Gasteiger partial charge in [-0.1, -0.05) is 0 Å². The van der Waals surface area contributed by atoms with Crippen LogP contribution in [0, 0.1) is 6.92 Å². The summed E-state index contributed by atoms with van der Waals surface area (Å²) >= 11 is 0. The SMILES string of the molecule is CCn1cc(CNCCN)c(C)n1. The zero-order chi connectivity index (χ0) is 9.68. The Labute approximate surface area is 79.1 Å². The second kappa shape index (κ2) is 4.99. The van der Waals surface area contributed by atoms with Crippen molar-refractivity contribution in [3.05, 3.63) is 17.5 Å². The van der Waals surface area contributed by atoms with Gasteiger partial charge in [-0.25, -0.2) is 0 Å². The van der Waals surface area contributed by atoms with Gasteiger partial charge in [-0.2, -0.15) is 5.10 Å². The lowest BCUT2D eigenvalue weighted by Gasteiger charge is -1.99. The zero-order valence-corrected chi connectivity index (χ0v) is 8.38. The largest absolute Gasteiger partial charge is 0.329 e. The number of nitrogens with one attached hydrogen (secondary N) is 1. The number of rotatable bonds is 5. The molecule has 0 fully saturated rings. The molecule has 0 amide bonds. The first kappa shape index (κ1) is 10.2. The number of hydrogen-bond donors (Lipinski definition) is 2. The van der Waals surface area contributed by atoms with E-state index in [0.29, 0.717) is 6.54 Å². The Morgan fingerprint density at radius 3 is 2.92 bits per heavy atom. The third-order valence-electron chi connectivity index (χ3n) is 2.01. The molecule has 3 N–H and O–H groups in total. The molecular weight excluding hydrogens is 164 g/mol. The Kier molecular flexibility index (Phi) is 3.92. The molecule has 1 aromatic rings. The highest BCUT2D eigenvalue weighted by Crippen LogP contribution is 2.04. The summed E-state index contributed by atoms with van der Waals surface area (Å²) in [5.74, 6) is 0. The minimum atomic E-state index is 0.682. The van der Waals surface area contributed by atoms with Gasteiger partial charge < -0.3 is 11.1 Å². The van der Waals surface area contributed by atoms with Gasteiger partial charge >= 0.3 is 0 Å². The van der Waals surface area contributed by atoms with Gasteiger partial charge in [0.25, 0.3) is 0 Å². The molecular formula is C9H18N4. The molecule has 0 saturated carbocycles. The normalized spacial score (nSPS) is 10.7. The molecule has 13 heavy (non-hydrogen) atoms. The highest BCUT2D eigenvalue weighted by Gasteiger charge is 2.02. The van der Waals surface area contributed by atoms with E-state index in [0.717, 1.165) is 25.3 Å². The average Bonchev–Trinajstić information content (AvgIpc) is 2.48. The predicted molar refractivity (Wildman–Crippen MR) is 53.4 cm³/mol. The highest BCUT2D eigenvalue weighted by molar-refractivity contribution is 5.14. The Balaban J connectivity index is 2.50. The van der Waals surface area contributed by atoms with Crippen molar-refractivity contribution in [3.8, 4) is 0 Å². The molecule has 0 bridgehead atoms. The van der Waals surface area contributed by atoms with E-state index in [1.54, 1.807) is 0 Å². The lowest BCUT2D eigenvalue weighted by Crippen LogP contribution is -2.21. The number of nitrogens with zero attached hydrogens (tertiary/aromatic N) is 2. The summed E-state index contributed by atoms with van der Waals surface area (Å²) in [6.07, 6.45) is 2.08. The van der Waals surface area contributed by atoms with E-state index in [4.69, 9.17) is 5.73 Å². The number of nitrogens with two attached hydrogens (primary N) is 1. The molecule has 1 heterocycles. The van der Waals surface area contributed by atoms with Crippen molar-refractivity contribution in [1.29, 1.82) is 0 Å². The summed E-state index contributed by atoms with van der Waals surface area (Å²) in [5.41, 5.74) is 7.74. The first-order chi connectivity index (χ1) is 6.27. The smallest absolute Gasteiger partial charge is 0.0638 e. The van der Waals surface area contributed by atoms with Gasteiger partial charge in [0.2, 0.25) is 0 Å². The maximum Gasteiger partial charge on any atom is 0.0638 e. The van der Waals surface area contributed by atoms with Crippen LogP contribution < -0.4 is 11.1 Å². The standard InChI is InChI=1S/C9H18N4/c1-3-13-7-9(8(2)12-13)6-11-5-4-10/h7,11H,3-6,10H2,1-2H3. The fourth-order valence-corrected chi connectivity index (χ4v) is 1.22. The number of hydrogen-bond acceptors (Lipinski definition) is 3. The Hall–Kier alpha value is -0.870. The fraction of sp³-hybridized carbons (Fsp3) is 0.667. The minimum absolute atomic E-state index is 0.682. The van der Waals surface area contributed by atoms with Gasteiger partial charge in [-0.05, 0) is 13.8 Å². The second-order valence-corrected chi connectivity index (χ2v) is 3.06. The van der Waals surface area contributed by atoms with Gasteiger partial charge in [0, 0.05) is 37.9 Å². The third kappa shape index (κ3) is 2.82. The van der Waals surface area contributed by atoms with Crippen LogP contribution in [-0.2, 0) is 13.1 Å². The Bertz CT molecular complexity index is 254. The van der Waals surface area contributed by atoms with Crippen molar-refractivity contribution < 1.29 is 0 Å². The van der Waals surface area contributed by atoms with E-state index in [1.807, 2.05) is 11.6 Å². The highest BCUT2D eigenvalue weighted by atomic mass is 15.3. The molecule has 0 aliphatic carbocycles. The summed E-state index contributed by atoms with van der Waals surface area (Å²) in [6, 6.07) is 0. The molecule has 0 aromatic carbocycles. The maximum atomic E-state index is 5.38. The molecule has 0 aliphatic heterocycles. The lowest BCUT2D eigenvalue weighted by molar-refractivity contribution is 0.652. The average molecular weight is 182 g/mol. The molecule has 1 rings (SSSR count). The van der Waals surface area contributed by atoms with E-state index in [-0.39, 0.29) is 0 Å². The van der Waals surface area contributed by atoms with Crippen molar-refractivity contribution >= 4 is 0 Å². The summed E-state index contributed by atoms with van der Waals surface area (Å²) < 4.78 is 1.95. The number of aromatic nitrogens is 2. The van der Waals surface area contributed by atoms with Gasteiger partial charge in [0.1, 0.15) is 0 Å². The van der Waals surface area contributed by atoms with Crippen molar-refractivity contribution in [2.24, 2.45) is 5.73 Å². The third-order valence-corrected chi connectivity index (χ3v) is 2.01. The van der Waals surface area contributed by atoms with Crippen LogP contribution in [0.5, 0.6) is 0 Å². The molecule has 0 unspecified atom stereocenters. The maximum absolute atomic E-state index is 5.38. The molecule has 0 atom stereocenters. The quantitative estimate of drug-likeness (QED) is 0.642. The van der Waals surface area contributed by atoms with Gasteiger partial charge in [0.05, 0.1) is 5.69 Å². The second-order valence-electron chi connectivity index (χ2n) is 3.06. The summed E-state index contributed by atoms with van der Waals surface area (Å²) in [4.78, 5) is 0. The molecule has 0 radical (unpaired) electrons. The van der Waals surface area contributed by atoms with Gasteiger partial charge in [0.15, 0.2) is 0 Å². The van der Waals surface area contributed by atoms with E-state index >= 15 is 0 Å². The van der Waals surface area contributed by atoms with Gasteiger partial charge in [-0.3, -0.25) is 4.68 Å². The Morgan fingerprint density at radius 2 is 2.38 bits per heavy atom. The van der Waals surface area contributed by atoms with E-state index < -0.39 is 0 Å². The zero-order valence-electron chi connectivity index (χ0n) is 8.38. The molecule has 4 heteroatoms. The van der Waals surface area contributed by atoms with Crippen LogP contribution in [0.1, 0.15) is 18.2 Å². The topological polar surface area (TPSA) is 55.9 Å². The van der Waals surface area contributed by atoms with Crippen LogP contribution in [-0.4, -0.2) is 22.9 Å². The van der Waals surface area contributed by atoms with Crippen LogP contribution in [0.2, 0.25) is 0 Å². The van der Waals surface area contributed by atoms with Crippen LogP contribution in [0.3, 0.4) is 0 Å². The van der Waals surface area contributed by atoms with E-state index in [9.17, 15) is 0 Å². The van der Waals surface area contributed by atoms with Gasteiger partial charge in [-0.15, -0.1) is 0 Å². The van der Waals surface area contributed by atoms with Crippen molar-refractivity contribution in [2.75, 3.05) is 13.1 Å². The van der Waals surface area contributed by atoms with E-state index in [1.165, 1.54) is 5.56 Å². The van der Waals surface area contributed by atoms with Crippen LogP contribution in [0.4, 0.5) is 0 Å². The summed E-state index contributed by atoms with van der Waals surface area (Å²) in [7, 11) is 0. The van der Waals surface area contributed by atoms with Crippen LogP contribution in [0.25, 0.3) is 0 Å². The molecule has 4 nitrogen and oxygen atoms in total. The first-order valence-electron chi connectivity index (χ1n) is 4.71. The van der Waals surface area contributed by atoms with Crippen LogP contribution >= 0.6 is 0 Å². The number of aryl methyl sites for hydroxylation is 2. The predicted octanol–water partition coefficient (Wildman–Crippen LogP) is 0.260. The lowest BCUT2D eigenvalue weighted by atomic mass is 10.2. The molecule has 0 aliphatic rings. The van der Waals surface area contributed by atoms with Crippen molar-refractivity contribution in [1.82, 2.24) is 15.1 Å². The van der Waals surface area contributed by atoms with E-state index in [2.05, 4.69) is 23.5 Å². The molecule has 0 spiro atoms. The molecule has 74 valence electrons. The van der Waals surface area contributed by atoms with Crippen molar-refractivity contribution in [2.45, 2.75) is 26.9 Å². The minimum Gasteiger partial charge on any atom is -0.329 e. The summed E-state index contributed by atoms with van der Waals surface area (Å²) in [5, 5.41) is 7.60. The fourth-order valence-electron chi connectivity index (χ4n) is 1.22. The van der Waals surface area contributed by atoms with Crippen molar-refractivity contribution in [3.63, 3.8) is 0 Å². The first-order valence-corrected chi connectivity index (χ1v) is 4.71. The monoisotopic (exact) mass is 182 g/mol. The Morgan fingerprint density at radius 1 is 1.62 bits per heavy atom. The molecule has 1 aromatic heterocycles. The van der Waals surface area contributed by atoms with Crippen LogP contribution in [0.15, 0.2) is 6.20 Å². The summed E-state index contributed by atoms with van der Waals surface area (Å²) in [6.45, 7) is 7.45. The molecule has 0 saturated heterocycles.